The summed E-state index contributed by atoms with van der Waals surface area (Å²) in [5, 5.41) is 21.1. The maximum absolute atomic E-state index is 9.67. The summed E-state index contributed by atoms with van der Waals surface area (Å²) in [6.07, 6.45) is 4.18. The van der Waals surface area contributed by atoms with Gasteiger partial charge in [0.05, 0.1) is 23.5 Å². The van der Waals surface area contributed by atoms with Gasteiger partial charge in [0.1, 0.15) is 0 Å². The molecule has 0 radical (unpaired) electrons. The second-order valence-electron chi connectivity index (χ2n) is 5.55. The van der Waals surface area contributed by atoms with Gasteiger partial charge in [-0.2, -0.15) is 5.10 Å². The van der Waals surface area contributed by atoms with Gasteiger partial charge < -0.3 is 10.4 Å². The molecule has 1 saturated carbocycles. The van der Waals surface area contributed by atoms with Crippen molar-refractivity contribution in [1.82, 2.24) is 15.2 Å². The number of rotatable bonds is 3. The molecule has 100 valence electrons. The number of hydrogen-bond acceptors (Lipinski definition) is 5. The number of aliphatic hydroxyl groups is 1. The topological polar surface area (TPSA) is 70.9 Å². The van der Waals surface area contributed by atoms with Gasteiger partial charge in [-0.15, -0.1) is 5.10 Å². The molecular formula is C13H22N4O. The van der Waals surface area contributed by atoms with Crippen LogP contribution < -0.4 is 5.32 Å². The Bertz CT molecular complexity index is 413. The van der Waals surface area contributed by atoms with Crippen molar-refractivity contribution in [2.75, 3.05) is 11.9 Å². The van der Waals surface area contributed by atoms with Crippen LogP contribution in [-0.2, 0) is 0 Å². The van der Waals surface area contributed by atoms with E-state index in [1.165, 1.54) is 0 Å². The molecule has 0 saturated heterocycles. The fraction of sp³-hybridized carbons (Fsp3) is 0.769. The first-order valence-corrected chi connectivity index (χ1v) is 6.62. The van der Waals surface area contributed by atoms with Crippen molar-refractivity contribution in [2.45, 2.75) is 52.0 Å². The third-order valence-electron chi connectivity index (χ3n) is 4.00. The molecule has 0 spiro atoms. The lowest BCUT2D eigenvalue weighted by atomic mass is 9.77. The van der Waals surface area contributed by atoms with E-state index in [1.54, 1.807) is 0 Å². The molecule has 0 aromatic carbocycles. The summed E-state index contributed by atoms with van der Waals surface area (Å²) in [4.78, 5) is 4.38. The second kappa shape index (κ2) is 5.18. The first kappa shape index (κ1) is 13.2. The van der Waals surface area contributed by atoms with Crippen LogP contribution in [0.25, 0.3) is 0 Å². The normalized spacial score (nSPS) is 28.1. The second-order valence-corrected chi connectivity index (χ2v) is 5.55. The Hall–Kier alpha value is -1.23. The van der Waals surface area contributed by atoms with Crippen LogP contribution in [-0.4, -0.2) is 32.4 Å². The molecule has 2 rings (SSSR count). The fourth-order valence-electron chi connectivity index (χ4n) is 2.38. The van der Waals surface area contributed by atoms with Crippen LogP contribution in [0.2, 0.25) is 0 Å². The standard InChI is InChI=1S/C13H22N4O/c1-9-4-6-13(8-18,7-5-9)15-12-14-10(2)11(3)16-17-12/h9,18H,4-8H2,1-3H3,(H,14,15,17). The Balaban J connectivity index is 2.12. The van der Waals surface area contributed by atoms with Crippen LogP contribution >= 0.6 is 0 Å². The van der Waals surface area contributed by atoms with Crippen molar-refractivity contribution in [2.24, 2.45) is 5.92 Å². The zero-order valence-electron chi connectivity index (χ0n) is 11.4. The van der Waals surface area contributed by atoms with E-state index in [4.69, 9.17) is 0 Å². The number of anilines is 1. The summed E-state index contributed by atoms with van der Waals surface area (Å²) in [5.41, 5.74) is 1.45. The van der Waals surface area contributed by atoms with Gasteiger partial charge in [-0.1, -0.05) is 6.92 Å². The van der Waals surface area contributed by atoms with Crippen molar-refractivity contribution in [1.29, 1.82) is 0 Å². The van der Waals surface area contributed by atoms with E-state index in [2.05, 4.69) is 27.4 Å². The molecule has 5 nitrogen and oxygen atoms in total. The molecule has 1 fully saturated rings. The molecule has 1 aromatic heterocycles. The molecule has 1 heterocycles. The molecule has 0 amide bonds. The summed E-state index contributed by atoms with van der Waals surface area (Å²) in [6.45, 7) is 6.19. The SMILES string of the molecule is Cc1nnc(NC2(CO)CCC(C)CC2)nc1C. The van der Waals surface area contributed by atoms with Gasteiger partial charge in [-0.25, -0.2) is 4.98 Å². The number of aromatic nitrogens is 3. The summed E-state index contributed by atoms with van der Waals surface area (Å²) < 4.78 is 0. The van der Waals surface area contributed by atoms with Crippen molar-refractivity contribution < 1.29 is 5.11 Å². The molecule has 0 unspecified atom stereocenters. The van der Waals surface area contributed by atoms with Gasteiger partial charge >= 0.3 is 0 Å². The van der Waals surface area contributed by atoms with Crippen LogP contribution in [0.5, 0.6) is 0 Å². The summed E-state index contributed by atoms with van der Waals surface area (Å²) >= 11 is 0. The summed E-state index contributed by atoms with van der Waals surface area (Å²) in [5.74, 6) is 1.27. The smallest absolute Gasteiger partial charge is 0.243 e. The van der Waals surface area contributed by atoms with E-state index in [0.717, 1.165) is 43.0 Å². The van der Waals surface area contributed by atoms with E-state index in [9.17, 15) is 5.11 Å². The first-order valence-electron chi connectivity index (χ1n) is 6.62. The van der Waals surface area contributed by atoms with Crippen LogP contribution in [0.15, 0.2) is 0 Å². The van der Waals surface area contributed by atoms with E-state index >= 15 is 0 Å². The van der Waals surface area contributed by atoms with Crippen molar-refractivity contribution in [3.05, 3.63) is 11.4 Å². The molecular weight excluding hydrogens is 228 g/mol. The largest absolute Gasteiger partial charge is 0.394 e. The minimum atomic E-state index is -0.268. The van der Waals surface area contributed by atoms with Gasteiger partial charge in [0.2, 0.25) is 5.95 Å². The molecule has 1 aromatic rings. The van der Waals surface area contributed by atoms with E-state index in [1.807, 2.05) is 13.8 Å². The number of nitrogens with one attached hydrogen (secondary N) is 1. The highest BCUT2D eigenvalue weighted by atomic mass is 16.3. The maximum Gasteiger partial charge on any atom is 0.243 e. The maximum atomic E-state index is 9.67. The molecule has 1 aliphatic rings. The minimum Gasteiger partial charge on any atom is -0.394 e. The number of nitrogens with zero attached hydrogens (tertiary/aromatic N) is 3. The van der Waals surface area contributed by atoms with Crippen LogP contribution in [0.3, 0.4) is 0 Å². The van der Waals surface area contributed by atoms with Gasteiger partial charge in [0.15, 0.2) is 0 Å². The average molecular weight is 250 g/mol. The van der Waals surface area contributed by atoms with E-state index in [-0.39, 0.29) is 12.1 Å². The molecule has 0 atom stereocenters. The molecule has 1 aliphatic carbocycles. The van der Waals surface area contributed by atoms with Crippen molar-refractivity contribution in [3.63, 3.8) is 0 Å². The Morgan fingerprint density at radius 3 is 2.44 bits per heavy atom. The number of aliphatic hydroxyl groups excluding tert-OH is 1. The highest BCUT2D eigenvalue weighted by Crippen LogP contribution is 2.33. The lowest BCUT2D eigenvalue weighted by Crippen LogP contribution is -2.45. The molecule has 5 heteroatoms. The monoisotopic (exact) mass is 250 g/mol. The highest BCUT2D eigenvalue weighted by molar-refractivity contribution is 5.30. The van der Waals surface area contributed by atoms with E-state index in [0.29, 0.717) is 5.95 Å². The van der Waals surface area contributed by atoms with Gasteiger partial charge in [-0.05, 0) is 45.4 Å². The summed E-state index contributed by atoms with van der Waals surface area (Å²) in [6, 6.07) is 0. The average Bonchev–Trinajstić information content (AvgIpc) is 2.37. The van der Waals surface area contributed by atoms with Gasteiger partial charge in [-0.3, -0.25) is 0 Å². The predicted octanol–water partition coefficient (Wildman–Crippen LogP) is 1.84. The fourth-order valence-corrected chi connectivity index (χ4v) is 2.38. The lowest BCUT2D eigenvalue weighted by Gasteiger charge is -2.38. The van der Waals surface area contributed by atoms with Crippen molar-refractivity contribution in [3.8, 4) is 0 Å². The number of hydrogen-bond donors (Lipinski definition) is 2. The zero-order chi connectivity index (χ0) is 13.2. The predicted molar refractivity (Wildman–Crippen MR) is 70.4 cm³/mol. The van der Waals surface area contributed by atoms with E-state index < -0.39 is 0 Å². The Morgan fingerprint density at radius 1 is 1.22 bits per heavy atom. The van der Waals surface area contributed by atoms with Gasteiger partial charge in [0, 0.05) is 0 Å². The van der Waals surface area contributed by atoms with Crippen LogP contribution in [0.4, 0.5) is 5.95 Å². The molecule has 2 N–H and O–H groups in total. The van der Waals surface area contributed by atoms with Gasteiger partial charge in [0.25, 0.3) is 0 Å². The van der Waals surface area contributed by atoms with Crippen LogP contribution in [0.1, 0.15) is 44.0 Å². The minimum absolute atomic E-state index is 0.121. The molecule has 0 bridgehead atoms. The highest BCUT2D eigenvalue weighted by Gasteiger charge is 2.34. The Labute approximate surface area is 108 Å². The molecule has 18 heavy (non-hydrogen) atoms. The third-order valence-corrected chi connectivity index (χ3v) is 4.00. The zero-order valence-corrected chi connectivity index (χ0v) is 11.4. The Morgan fingerprint density at radius 2 is 1.89 bits per heavy atom. The quantitative estimate of drug-likeness (QED) is 0.856. The summed E-state index contributed by atoms with van der Waals surface area (Å²) in [7, 11) is 0. The molecule has 0 aliphatic heterocycles. The lowest BCUT2D eigenvalue weighted by molar-refractivity contribution is 0.154. The van der Waals surface area contributed by atoms with Crippen molar-refractivity contribution >= 4 is 5.95 Å². The van der Waals surface area contributed by atoms with Crippen LogP contribution in [0, 0.1) is 19.8 Å². The third kappa shape index (κ3) is 2.77. The Kier molecular flexibility index (Phi) is 3.80. The number of aryl methyl sites for hydroxylation is 2. The first-order chi connectivity index (χ1) is 8.54.